The smallest absolute Gasteiger partial charge is 0.269 e. The largest absolute Gasteiger partial charge is 0.349 e. The van der Waals surface area contributed by atoms with Gasteiger partial charge in [-0.2, -0.15) is 0 Å². The Labute approximate surface area is 166 Å². The Balaban J connectivity index is 1.37. The first-order valence-corrected chi connectivity index (χ1v) is 9.76. The van der Waals surface area contributed by atoms with Gasteiger partial charge in [-0.3, -0.25) is 4.79 Å². The van der Waals surface area contributed by atoms with Crippen molar-refractivity contribution in [3.8, 4) is 0 Å². The zero-order chi connectivity index (χ0) is 19.8. The maximum atomic E-state index is 12.3. The van der Waals surface area contributed by atoms with Gasteiger partial charge >= 0.3 is 0 Å². The summed E-state index contributed by atoms with van der Waals surface area (Å²) in [6, 6.07) is 20.0. The van der Waals surface area contributed by atoms with E-state index in [1.54, 1.807) is 6.07 Å². The van der Waals surface area contributed by atoms with Crippen LogP contribution in [0.3, 0.4) is 0 Å². The number of aryl methyl sites for hydroxylation is 1. The van der Waals surface area contributed by atoms with Crippen molar-refractivity contribution in [2.75, 3.05) is 26.7 Å². The third-order valence-corrected chi connectivity index (χ3v) is 4.87. The highest BCUT2D eigenvalue weighted by molar-refractivity contribution is 5.94. The summed E-state index contributed by atoms with van der Waals surface area (Å²) < 4.78 is 0. The summed E-state index contributed by atoms with van der Waals surface area (Å²) in [6.45, 7) is 2.99. The molecule has 1 aromatic heterocycles. The number of fused-ring (bicyclic) bond motifs is 1. The minimum atomic E-state index is -0.126. The molecule has 3 rings (SSSR count). The van der Waals surface area contributed by atoms with Gasteiger partial charge in [0.05, 0.1) is 5.52 Å². The maximum Gasteiger partial charge on any atom is 0.269 e. The number of likely N-dealkylation sites (N-methyl/N-ethyl adjacent to an activating group) is 1. The van der Waals surface area contributed by atoms with Crippen LogP contribution in [0.4, 0.5) is 0 Å². The molecule has 0 aliphatic rings. The van der Waals surface area contributed by atoms with Gasteiger partial charge in [-0.25, -0.2) is 4.98 Å². The van der Waals surface area contributed by atoms with Crippen LogP contribution in [0.1, 0.15) is 28.0 Å². The molecule has 3 N–H and O–H groups in total. The van der Waals surface area contributed by atoms with Crippen LogP contribution in [-0.2, 0) is 13.0 Å². The second-order valence-electron chi connectivity index (χ2n) is 7.07. The Morgan fingerprint density at radius 3 is 2.54 bits per heavy atom. The third-order valence-electron chi connectivity index (χ3n) is 4.87. The summed E-state index contributed by atoms with van der Waals surface area (Å²) in [5, 5.41) is 4.00. The standard InChI is InChI=1S/C23H28N4O/c1-27(15-4-5-18-8-10-19(17-24)11-9-18)16-14-25-23(28)22-13-12-20-6-2-3-7-21(20)26-22/h2-3,6-13H,4-5,14-17,24H2,1H3,(H,25,28). The lowest BCUT2D eigenvalue weighted by atomic mass is 10.1. The van der Waals surface area contributed by atoms with Crippen molar-refractivity contribution in [2.45, 2.75) is 19.4 Å². The van der Waals surface area contributed by atoms with E-state index in [1.165, 1.54) is 5.56 Å². The molecule has 0 radical (unpaired) electrons. The number of nitrogens with one attached hydrogen (secondary N) is 1. The van der Waals surface area contributed by atoms with Crippen LogP contribution in [0.2, 0.25) is 0 Å². The fraction of sp³-hybridized carbons (Fsp3) is 0.304. The van der Waals surface area contributed by atoms with Gasteiger partial charge in [-0.1, -0.05) is 48.5 Å². The highest BCUT2D eigenvalue weighted by atomic mass is 16.1. The fourth-order valence-corrected chi connectivity index (χ4v) is 3.15. The van der Waals surface area contributed by atoms with E-state index in [-0.39, 0.29) is 5.91 Å². The summed E-state index contributed by atoms with van der Waals surface area (Å²) in [6.07, 6.45) is 2.13. The highest BCUT2D eigenvalue weighted by Gasteiger charge is 2.08. The molecule has 0 saturated carbocycles. The topological polar surface area (TPSA) is 71.2 Å². The van der Waals surface area contributed by atoms with E-state index in [2.05, 4.69) is 46.5 Å². The molecule has 0 bridgehead atoms. The number of benzene rings is 2. The zero-order valence-corrected chi connectivity index (χ0v) is 16.4. The minimum Gasteiger partial charge on any atom is -0.349 e. The number of pyridine rings is 1. The lowest BCUT2D eigenvalue weighted by molar-refractivity contribution is 0.0945. The SMILES string of the molecule is CN(CCCc1ccc(CN)cc1)CCNC(=O)c1ccc2ccccc2n1. The lowest BCUT2D eigenvalue weighted by Crippen LogP contribution is -2.33. The van der Waals surface area contributed by atoms with Crippen LogP contribution >= 0.6 is 0 Å². The van der Waals surface area contributed by atoms with Crippen LogP contribution in [0.15, 0.2) is 60.7 Å². The Morgan fingerprint density at radius 1 is 1.00 bits per heavy atom. The molecule has 5 nitrogen and oxygen atoms in total. The van der Waals surface area contributed by atoms with Crippen molar-refractivity contribution in [1.82, 2.24) is 15.2 Å². The number of aromatic nitrogens is 1. The number of nitrogens with two attached hydrogens (primary N) is 1. The number of rotatable bonds is 9. The number of carbonyl (C=O) groups excluding carboxylic acids is 1. The van der Waals surface area contributed by atoms with E-state index < -0.39 is 0 Å². The van der Waals surface area contributed by atoms with Crippen LogP contribution in [0, 0.1) is 0 Å². The lowest BCUT2D eigenvalue weighted by Gasteiger charge is -2.17. The third kappa shape index (κ3) is 5.62. The van der Waals surface area contributed by atoms with Crippen LogP contribution in [0.5, 0.6) is 0 Å². The average Bonchev–Trinajstić information content (AvgIpc) is 2.73. The van der Waals surface area contributed by atoms with Crippen LogP contribution < -0.4 is 11.1 Å². The number of nitrogens with zero attached hydrogens (tertiary/aromatic N) is 2. The Bertz CT molecular complexity index is 908. The molecular weight excluding hydrogens is 348 g/mol. The van der Waals surface area contributed by atoms with Crippen molar-refractivity contribution < 1.29 is 4.79 Å². The number of amides is 1. The molecule has 0 fully saturated rings. The molecule has 0 atom stereocenters. The van der Waals surface area contributed by atoms with Gasteiger partial charge < -0.3 is 16.0 Å². The van der Waals surface area contributed by atoms with Crippen molar-refractivity contribution >= 4 is 16.8 Å². The number of para-hydroxylation sites is 1. The monoisotopic (exact) mass is 376 g/mol. The van der Waals surface area contributed by atoms with E-state index in [0.717, 1.165) is 42.4 Å². The molecule has 1 heterocycles. The van der Waals surface area contributed by atoms with Crippen LogP contribution in [-0.4, -0.2) is 42.5 Å². The summed E-state index contributed by atoms with van der Waals surface area (Å²) in [5.74, 6) is -0.126. The second-order valence-corrected chi connectivity index (χ2v) is 7.07. The van der Waals surface area contributed by atoms with Crippen molar-refractivity contribution in [1.29, 1.82) is 0 Å². The molecule has 0 unspecified atom stereocenters. The van der Waals surface area contributed by atoms with Gasteiger partial charge in [0.1, 0.15) is 5.69 Å². The number of carbonyl (C=O) groups is 1. The van der Waals surface area contributed by atoms with Gasteiger partial charge in [0.2, 0.25) is 0 Å². The Morgan fingerprint density at radius 2 is 1.75 bits per heavy atom. The number of hydrogen-bond acceptors (Lipinski definition) is 4. The summed E-state index contributed by atoms with van der Waals surface area (Å²) in [5.41, 5.74) is 9.43. The molecule has 0 saturated heterocycles. The molecule has 5 heteroatoms. The van der Waals surface area contributed by atoms with Gasteiger partial charge in [0.15, 0.2) is 0 Å². The first-order valence-electron chi connectivity index (χ1n) is 9.76. The molecule has 0 aliphatic carbocycles. The first kappa shape index (κ1) is 20.0. The molecule has 28 heavy (non-hydrogen) atoms. The summed E-state index contributed by atoms with van der Waals surface area (Å²) >= 11 is 0. The van der Waals surface area contributed by atoms with Crippen LogP contribution in [0.25, 0.3) is 10.9 Å². The molecule has 1 amide bonds. The zero-order valence-electron chi connectivity index (χ0n) is 16.4. The second kappa shape index (κ2) is 9.97. The van der Waals surface area contributed by atoms with Crippen molar-refractivity contribution in [3.05, 3.63) is 77.5 Å². The molecule has 146 valence electrons. The minimum absolute atomic E-state index is 0.126. The van der Waals surface area contributed by atoms with Crippen molar-refractivity contribution in [3.63, 3.8) is 0 Å². The maximum absolute atomic E-state index is 12.3. The summed E-state index contributed by atoms with van der Waals surface area (Å²) in [7, 11) is 2.08. The summed E-state index contributed by atoms with van der Waals surface area (Å²) in [4.78, 5) is 19.0. The van der Waals surface area contributed by atoms with E-state index >= 15 is 0 Å². The fourth-order valence-electron chi connectivity index (χ4n) is 3.15. The van der Waals surface area contributed by atoms with E-state index in [0.29, 0.717) is 18.8 Å². The predicted molar refractivity (Wildman–Crippen MR) is 114 cm³/mol. The van der Waals surface area contributed by atoms with E-state index in [1.807, 2.05) is 30.3 Å². The predicted octanol–water partition coefficient (Wildman–Crippen LogP) is 2.99. The molecule has 3 aromatic rings. The molecule has 0 spiro atoms. The van der Waals surface area contributed by atoms with Gasteiger partial charge in [0.25, 0.3) is 5.91 Å². The number of hydrogen-bond donors (Lipinski definition) is 2. The molecular formula is C23H28N4O. The Hall–Kier alpha value is -2.76. The van der Waals surface area contributed by atoms with Gasteiger partial charge in [-0.05, 0) is 49.7 Å². The highest BCUT2D eigenvalue weighted by Crippen LogP contribution is 2.11. The normalized spacial score (nSPS) is 11.1. The van der Waals surface area contributed by atoms with Crippen molar-refractivity contribution in [2.24, 2.45) is 5.73 Å². The average molecular weight is 377 g/mol. The molecule has 2 aromatic carbocycles. The molecule has 0 aliphatic heterocycles. The first-order chi connectivity index (χ1) is 13.7. The Kier molecular flexibility index (Phi) is 7.12. The van der Waals surface area contributed by atoms with E-state index in [9.17, 15) is 4.79 Å². The van der Waals surface area contributed by atoms with Gasteiger partial charge in [0, 0.05) is 25.0 Å². The van der Waals surface area contributed by atoms with Gasteiger partial charge in [-0.15, -0.1) is 0 Å². The van der Waals surface area contributed by atoms with E-state index in [4.69, 9.17) is 5.73 Å². The quantitative estimate of drug-likeness (QED) is 0.602.